The van der Waals surface area contributed by atoms with Gasteiger partial charge in [0.25, 0.3) is 0 Å². The Labute approximate surface area is 131 Å². The molecule has 0 unspecified atom stereocenters. The Morgan fingerprint density at radius 2 is 1.76 bits per heavy atom. The van der Waals surface area contributed by atoms with Crippen LogP contribution in [-0.4, -0.2) is 20.2 Å². The lowest BCUT2D eigenvalue weighted by Gasteiger charge is -2.38. The van der Waals surface area contributed by atoms with E-state index in [-0.39, 0.29) is 11.1 Å². The van der Waals surface area contributed by atoms with Gasteiger partial charge in [0, 0.05) is 18.9 Å². The smallest absolute Gasteiger partial charge is 0.192 e. The first-order valence-electron chi connectivity index (χ1n) is 7.85. The molecule has 0 radical (unpaired) electrons. The van der Waals surface area contributed by atoms with Crippen LogP contribution in [0.1, 0.15) is 46.1 Å². The van der Waals surface area contributed by atoms with Crippen LogP contribution in [0, 0.1) is 0 Å². The lowest BCUT2D eigenvalue weighted by molar-refractivity contribution is -0.118. The summed E-state index contributed by atoms with van der Waals surface area (Å²) in [6.45, 7) is 13.3. The first-order valence-corrected chi connectivity index (χ1v) is 10.8. The van der Waals surface area contributed by atoms with Gasteiger partial charge in [-0.3, -0.25) is 4.79 Å². The third-order valence-corrected chi connectivity index (χ3v) is 8.98. The van der Waals surface area contributed by atoms with Crippen molar-refractivity contribution in [3.63, 3.8) is 0 Å². The topological polar surface area (TPSA) is 26.3 Å². The van der Waals surface area contributed by atoms with Crippen molar-refractivity contribution in [1.82, 2.24) is 0 Å². The molecule has 3 heteroatoms. The van der Waals surface area contributed by atoms with E-state index in [2.05, 4.69) is 40.8 Å². The van der Waals surface area contributed by atoms with E-state index in [4.69, 9.17) is 4.43 Å². The summed E-state index contributed by atoms with van der Waals surface area (Å²) in [7, 11) is -1.73. The monoisotopic (exact) mass is 306 g/mol. The molecule has 1 atom stereocenters. The van der Waals surface area contributed by atoms with Crippen molar-refractivity contribution in [3.05, 3.63) is 35.9 Å². The summed E-state index contributed by atoms with van der Waals surface area (Å²) in [6, 6.07) is 9.95. The second-order valence-electron chi connectivity index (χ2n) is 7.43. The Morgan fingerprint density at radius 1 is 1.19 bits per heavy atom. The predicted octanol–water partition coefficient (Wildman–Crippen LogP) is 4.99. The highest BCUT2D eigenvalue weighted by molar-refractivity contribution is 6.74. The quantitative estimate of drug-likeness (QED) is 0.663. The maximum Gasteiger partial charge on any atom is 0.192 e. The minimum Gasteiger partial charge on any atom is -0.414 e. The number of benzene rings is 1. The second-order valence-corrected chi connectivity index (χ2v) is 12.2. The highest BCUT2D eigenvalue weighted by Crippen LogP contribution is 2.37. The molecule has 0 aromatic heterocycles. The van der Waals surface area contributed by atoms with Gasteiger partial charge >= 0.3 is 0 Å². The number of Topliss-reactive ketones (excluding diaryl/α,β-unsaturated/α-hetero) is 1. The Kier molecular flexibility index (Phi) is 6.35. The summed E-state index contributed by atoms with van der Waals surface area (Å²) in [5.41, 5.74) is 1.10. The summed E-state index contributed by atoms with van der Waals surface area (Å²) in [4.78, 5) is 12.0. The van der Waals surface area contributed by atoms with E-state index in [1.807, 2.05) is 30.3 Å². The minimum absolute atomic E-state index is 0.158. The maximum absolute atomic E-state index is 12.0. The number of hydrogen-bond acceptors (Lipinski definition) is 2. The van der Waals surface area contributed by atoms with E-state index in [9.17, 15) is 4.79 Å². The maximum atomic E-state index is 12.0. The normalized spacial score (nSPS) is 14.0. The molecule has 1 rings (SSSR count). The molecule has 0 aliphatic rings. The van der Waals surface area contributed by atoms with Crippen LogP contribution in [-0.2, 0) is 15.6 Å². The molecule has 21 heavy (non-hydrogen) atoms. The molecule has 0 saturated heterocycles. The molecule has 0 saturated carbocycles. The highest BCUT2D eigenvalue weighted by Gasteiger charge is 2.38. The average Bonchev–Trinajstić information content (AvgIpc) is 2.36. The van der Waals surface area contributed by atoms with E-state index in [0.717, 1.165) is 12.0 Å². The molecule has 0 spiro atoms. The van der Waals surface area contributed by atoms with Gasteiger partial charge in [0.2, 0.25) is 0 Å². The number of hydrogen-bond donors (Lipinski definition) is 0. The molecule has 0 N–H and O–H groups in total. The number of rotatable bonds is 7. The SMILES string of the molecule is C[C@@H](CCC(=O)Cc1ccccc1)O[Si](C)(C)C(C)(C)C. The van der Waals surface area contributed by atoms with Crippen LogP contribution in [0.25, 0.3) is 0 Å². The van der Waals surface area contributed by atoms with Crippen molar-refractivity contribution in [2.75, 3.05) is 0 Å². The fourth-order valence-corrected chi connectivity index (χ4v) is 3.49. The molecule has 0 amide bonds. The van der Waals surface area contributed by atoms with Crippen LogP contribution in [0.15, 0.2) is 30.3 Å². The molecular weight excluding hydrogens is 276 g/mol. The van der Waals surface area contributed by atoms with Crippen LogP contribution in [0.5, 0.6) is 0 Å². The summed E-state index contributed by atoms with van der Waals surface area (Å²) in [5.74, 6) is 0.298. The minimum atomic E-state index is -1.73. The Balaban J connectivity index is 2.39. The standard InChI is InChI=1S/C18H30O2Si/c1-15(20-21(5,6)18(2,3)4)12-13-17(19)14-16-10-8-7-9-11-16/h7-11,15H,12-14H2,1-6H3/t15-/m0/s1. The predicted molar refractivity (Wildman–Crippen MR) is 92.1 cm³/mol. The van der Waals surface area contributed by atoms with Crippen LogP contribution in [0.2, 0.25) is 18.1 Å². The molecule has 1 aromatic rings. The van der Waals surface area contributed by atoms with Gasteiger partial charge in [-0.15, -0.1) is 0 Å². The van der Waals surface area contributed by atoms with Crippen molar-refractivity contribution < 1.29 is 9.22 Å². The number of ketones is 1. The lowest BCUT2D eigenvalue weighted by atomic mass is 10.0. The Morgan fingerprint density at radius 3 is 2.29 bits per heavy atom. The molecule has 0 bridgehead atoms. The Bertz CT molecular complexity index is 446. The van der Waals surface area contributed by atoms with Gasteiger partial charge in [-0.2, -0.15) is 0 Å². The number of carbonyl (C=O) groups excluding carboxylic acids is 1. The molecule has 1 aromatic carbocycles. The van der Waals surface area contributed by atoms with Crippen molar-refractivity contribution in [2.24, 2.45) is 0 Å². The van der Waals surface area contributed by atoms with E-state index < -0.39 is 8.32 Å². The Hall–Kier alpha value is -0.933. The van der Waals surface area contributed by atoms with Crippen molar-refractivity contribution in [2.45, 2.75) is 71.2 Å². The first kappa shape index (κ1) is 18.1. The first-order chi connectivity index (χ1) is 9.62. The summed E-state index contributed by atoms with van der Waals surface area (Å²) in [6.07, 6.45) is 2.11. The van der Waals surface area contributed by atoms with E-state index in [1.54, 1.807) is 0 Å². The van der Waals surface area contributed by atoms with Gasteiger partial charge in [0.15, 0.2) is 8.32 Å². The molecule has 118 valence electrons. The fourth-order valence-electron chi connectivity index (χ4n) is 2.01. The van der Waals surface area contributed by atoms with Crippen LogP contribution in [0.3, 0.4) is 0 Å². The number of carbonyl (C=O) groups is 1. The van der Waals surface area contributed by atoms with Gasteiger partial charge < -0.3 is 4.43 Å². The average molecular weight is 307 g/mol. The molecule has 0 heterocycles. The van der Waals surface area contributed by atoms with Gasteiger partial charge in [-0.05, 0) is 37.0 Å². The zero-order valence-electron chi connectivity index (χ0n) is 14.4. The lowest BCUT2D eigenvalue weighted by Crippen LogP contribution is -2.43. The molecule has 0 fully saturated rings. The third-order valence-electron chi connectivity index (χ3n) is 4.38. The van der Waals surface area contributed by atoms with Crippen molar-refractivity contribution in [1.29, 1.82) is 0 Å². The summed E-state index contributed by atoms with van der Waals surface area (Å²) >= 11 is 0. The van der Waals surface area contributed by atoms with Crippen LogP contribution >= 0.6 is 0 Å². The van der Waals surface area contributed by atoms with E-state index in [1.165, 1.54) is 0 Å². The summed E-state index contributed by atoms with van der Waals surface area (Å²) < 4.78 is 6.29. The second kappa shape index (κ2) is 7.37. The van der Waals surface area contributed by atoms with E-state index >= 15 is 0 Å². The zero-order valence-corrected chi connectivity index (χ0v) is 15.4. The molecule has 0 aliphatic carbocycles. The molecule has 0 aliphatic heterocycles. The van der Waals surface area contributed by atoms with Gasteiger partial charge in [0.1, 0.15) is 5.78 Å². The van der Waals surface area contributed by atoms with E-state index in [0.29, 0.717) is 18.6 Å². The molecule has 2 nitrogen and oxygen atoms in total. The largest absolute Gasteiger partial charge is 0.414 e. The highest BCUT2D eigenvalue weighted by atomic mass is 28.4. The van der Waals surface area contributed by atoms with Crippen molar-refractivity contribution >= 4 is 14.1 Å². The van der Waals surface area contributed by atoms with Gasteiger partial charge in [0.05, 0.1) is 0 Å². The van der Waals surface area contributed by atoms with Crippen molar-refractivity contribution in [3.8, 4) is 0 Å². The van der Waals surface area contributed by atoms with Gasteiger partial charge in [-0.1, -0.05) is 51.1 Å². The van der Waals surface area contributed by atoms with Crippen LogP contribution in [0.4, 0.5) is 0 Å². The van der Waals surface area contributed by atoms with Gasteiger partial charge in [-0.25, -0.2) is 0 Å². The van der Waals surface area contributed by atoms with Crippen LogP contribution < -0.4 is 0 Å². The zero-order chi connectivity index (χ0) is 16.1. The third kappa shape index (κ3) is 6.14. The molecular formula is C18H30O2Si. The fraction of sp³-hybridized carbons (Fsp3) is 0.611. The summed E-state index contributed by atoms with van der Waals surface area (Å²) in [5, 5.41) is 0.218.